The summed E-state index contributed by atoms with van der Waals surface area (Å²) in [4.78, 5) is 26.6. The van der Waals surface area contributed by atoms with Gasteiger partial charge >= 0.3 is 6.09 Å². The fraction of sp³-hybridized carbons (Fsp3) is 0.133. The van der Waals surface area contributed by atoms with Gasteiger partial charge in [-0.25, -0.2) is 4.79 Å². The van der Waals surface area contributed by atoms with E-state index in [4.69, 9.17) is 10.5 Å². The number of hydrogen-bond acceptors (Lipinski definition) is 4. The van der Waals surface area contributed by atoms with Crippen molar-refractivity contribution in [3.63, 3.8) is 0 Å². The molecule has 0 unspecified atom stereocenters. The lowest BCUT2D eigenvalue weighted by Gasteiger charge is -2.06. The molecule has 3 N–H and O–H groups in total. The van der Waals surface area contributed by atoms with Crippen molar-refractivity contribution in [1.29, 1.82) is 0 Å². The highest BCUT2D eigenvalue weighted by Gasteiger charge is 2.05. The number of nitrogens with one attached hydrogen (secondary N) is 1. The Hall–Kier alpha value is -2.41. The van der Waals surface area contributed by atoms with E-state index in [0.29, 0.717) is 24.3 Å². The highest BCUT2D eigenvalue weighted by molar-refractivity contribution is 9.10. The lowest BCUT2D eigenvalue weighted by molar-refractivity contribution is -0.116. The molecule has 0 saturated carbocycles. The van der Waals surface area contributed by atoms with Gasteiger partial charge < -0.3 is 15.8 Å². The number of amides is 2. The van der Waals surface area contributed by atoms with Crippen LogP contribution in [0.2, 0.25) is 0 Å². The number of hydrogen-bond donors (Lipinski definition) is 2. The van der Waals surface area contributed by atoms with Crippen LogP contribution in [0.15, 0.2) is 47.2 Å². The van der Waals surface area contributed by atoms with Crippen molar-refractivity contribution in [2.75, 3.05) is 5.32 Å². The Kier molecular flexibility index (Phi) is 5.48. The average Bonchev–Trinajstić information content (AvgIpc) is 2.45. The fourth-order valence-corrected chi connectivity index (χ4v) is 2.21. The van der Waals surface area contributed by atoms with Gasteiger partial charge in [0.05, 0.1) is 11.9 Å². The summed E-state index contributed by atoms with van der Waals surface area (Å²) in [7, 11) is 0. The van der Waals surface area contributed by atoms with Crippen LogP contribution in [0.4, 0.5) is 10.5 Å². The number of anilines is 1. The van der Waals surface area contributed by atoms with E-state index in [9.17, 15) is 9.59 Å². The molecule has 2 rings (SSSR count). The first-order valence-electron chi connectivity index (χ1n) is 6.49. The maximum absolute atomic E-state index is 11.9. The van der Waals surface area contributed by atoms with Gasteiger partial charge in [-0.05, 0) is 46.1 Å². The number of primary amides is 1. The number of carbonyl (C=O) groups is 2. The summed E-state index contributed by atoms with van der Waals surface area (Å²) in [5.41, 5.74) is 6.47. The fourth-order valence-electron chi connectivity index (χ4n) is 1.84. The number of aromatic nitrogens is 1. The van der Waals surface area contributed by atoms with Gasteiger partial charge in [-0.3, -0.25) is 9.78 Å². The molecular weight excluding hydrogens is 350 g/mol. The number of halogens is 1. The Balaban J connectivity index is 1.89. The van der Waals surface area contributed by atoms with Gasteiger partial charge in [0.1, 0.15) is 5.75 Å². The Morgan fingerprint density at radius 3 is 2.82 bits per heavy atom. The third-order valence-corrected chi connectivity index (χ3v) is 3.18. The van der Waals surface area contributed by atoms with Gasteiger partial charge in [-0.1, -0.05) is 12.1 Å². The quantitative estimate of drug-likeness (QED) is 0.853. The van der Waals surface area contributed by atoms with Gasteiger partial charge in [0.15, 0.2) is 0 Å². The van der Waals surface area contributed by atoms with E-state index in [1.165, 1.54) is 0 Å². The number of ether oxygens (including phenoxy) is 1. The number of nitrogens with two attached hydrogens (primary N) is 1. The summed E-state index contributed by atoms with van der Waals surface area (Å²) >= 11 is 3.29. The number of rotatable bonds is 5. The van der Waals surface area contributed by atoms with Gasteiger partial charge in [-0.2, -0.15) is 0 Å². The van der Waals surface area contributed by atoms with Crippen molar-refractivity contribution in [3.05, 3.63) is 52.8 Å². The number of aryl methyl sites for hydroxylation is 1. The Morgan fingerprint density at radius 1 is 1.27 bits per heavy atom. The first-order valence-corrected chi connectivity index (χ1v) is 7.29. The molecule has 2 aromatic rings. The predicted octanol–water partition coefficient (Wildman–Crippen LogP) is 2.87. The molecule has 0 spiro atoms. The summed E-state index contributed by atoms with van der Waals surface area (Å²) in [6.07, 6.45) is 3.16. The molecule has 22 heavy (non-hydrogen) atoms. The monoisotopic (exact) mass is 363 g/mol. The zero-order valence-electron chi connectivity index (χ0n) is 11.6. The molecule has 0 bridgehead atoms. The van der Waals surface area contributed by atoms with Crippen LogP contribution in [0.1, 0.15) is 12.0 Å². The van der Waals surface area contributed by atoms with Crippen LogP contribution in [0.5, 0.6) is 5.75 Å². The third-order valence-electron chi connectivity index (χ3n) is 2.75. The molecule has 0 atom stereocenters. The molecule has 1 heterocycles. The summed E-state index contributed by atoms with van der Waals surface area (Å²) in [6, 6.07) is 8.66. The Labute approximate surface area is 135 Å². The summed E-state index contributed by atoms with van der Waals surface area (Å²) in [6.45, 7) is 0. The molecule has 7 heteroatoms. The standard InChI is InChI=1S/C15H14BrN3O3/c16-11-7-12(9-18-8-11)19-14(20)5-4-10-2-1-3-13(6-10)22-15(17)21/h1-3,6-9H,4-5H2,(H2,17,21)(H,19,20). The molecule has 0 fully saturated rings. The molecule has 6 nitrogen and oxygen atoms in total. The van der Waals surface area contributed by atoms with E-state index < -0.39 is 6.09 Å². The molecule has 1 aromatic carbocycles. The molecular formula is C15H14BrN3O3. The van der Waals surface area contributed by atoms with Crippen molar-refractivity contribution in [2.45, 2.75) is 12.8 Å². The third kappa shape index (κ3) is 5.17. The van der Waals surface area contributed by atoms with Crippen LogP contribution < -0.4 is 15.8 Å². The van der Waals surface area contributed by atoms with Crippen molar-refractivity contribution in [1.82, 2.24) is 4.98 Å². The van der Waals surface area contributed by atoms with Crippen LogP contribution in [-0.4, -0.2) is 17.0 Å². The van der Waals surface area contributed by atoms with Crippen molar-refractivity contribution < 1.29 is 14.3 Å². The molecule has 0 aliphatic heterocycles. The zero-order chi connectivity index (χ0) is 15.9. The van der Waals surface area contributed by atoms with Crippen molar-refractivity contribution in [2.24, 2.45) is 5.73 Å². The molecule has 0 radical (unpaired) electrons. The smallest absolute Gasteiger partial charge is 0.409 e. The Morgan fingerprint density at radius 2 is 2.09 bits per heavy atom. The highest BCUT2D eigenvalue weighted by atomic mass is 79.9. The van der Waals surface area contributed by atoms with Gasteiger partial charge in [-0.15, -0.1) is 0 Å². The second-order valence-electron chi connectivity index (χ2n) is 4.51. The topological polar surface area (TPSA) is 94.3 Å². The van der Waals surface area contributed by atoms with E-state index in [0.717, 1.165) is 10.0 Å². The van der Waals surface area contributed by atoms with Crippen molar-refractivity contribution >= 4 is 33.6 Å². The van der Waals surface area contributed by atoms with Crippen LogP contribution in [0.3, 0.4) is 0 Å². The lowest BCUT2D eigenvalue weighted by Crippen LogP contribution is -2.16. The van der Waals surface area contributed by atoms with E-state index >= 15 is 0 Å². The second kappa shape index (κ2) is 7.56. The van der Waals surface area contributed by atoms with E-state index in [2.05, 4.69) is 26.2 Å². The summed E-state index contributed by atoms with van der Waals surface area (Å²) in [5.74, 6) is 0.239. The first-order chi connectivity index (χ1) is 10.5. The maximum atomic E-state index is 11.9. The molecule has 2 amide bonds. The van der Waals surface area contributed by atoms with Crippen LogP contribution in [-0.2, 0) is 11.2 Å². The highest BCUT2D eigenvalue weighted by Crippen LogP contribution is 2.16. The number of benzene rings is 1. The average molecular weight is 364 g/mol. The zero-order valence-corrected chi connectivity index (χ0v) is 13.2. The predicted molar refractivity (Wildman–Crippen MR) is 85.5 cm³/mol. The van der Waals surface area contributed by atoms with E-state index in [1.807, 2.05) is 6.07 Å². The number of carbonyl (C=O) groups excluding carboxylic acids is 2. The first kappa shape index (κ1) is 16.0. The number of nitrogens with zero attached hydrogens (tertiary/aromatic N) is 1. The molecule has 0 aliphatic carbocycles. The van der Waals surface area contributed by atoms with E-state index in [-0.39, 0.29) is 5.91 Å². The SMILES string of the molecule is NC(=O)Oc1cccc(CCC(=O)Nc2cncc(Br)c2)c1. The van der Waals surface area contributed by atoms with Crippen LogP contribution in [0.25, 0.3) is 0 Å². The largest absolute Gasteiger partial charge is 0.410 e. The van der Waals surface area contributed by atoms with E-state index in [1.54, 1.807) is 36.7 Å². The van der Waals surface area contributed by atoms with Crippen LogP contribution in [0, 0.1) is 0 Å². The van der Waals surface area contributed by atoms with Gasteiger partial charge in [0, 0.05) is 17.1 Å². The minimum atomic E-state index is -0.864. The molecule has 114 valence electrons. The lowest BCUT2D eigenvalue weighted by atomic mass is 10.1. The van der Waals surface area contributed by atoms with Crippen molar-refractivity contribution in [3.8, 4) is 5.75 Å². The Bertz CT molecular complexity index is 691. The molecule has 0 aliphatic rings. The summed E-state index contributed by atoms with van der Waals surface area (Å²) in [5, 5.41) is 2.76. The summed E-state index contributed by atoms with van der Waals surface area (Å²) < 4.78 is 5.59. The minimum Gasteiger partial charge on any atom is -0.410 e. The molecule has 1 aromatic heterocycles. The van der Waals surface area contributed by atoms with Gasteiger partial charge in [0.25, 0.3) is 0 Å². The molecule has 0 saturated heterocycles. The maximum Gasteiger partial charge on any atom is 0.409 e. The second-order valence-corrected chi connectivity index (χ2v) is 5.42. The minimum absolute atomic E-state index is 0.124. The normalized spacial score (nSPS) is 10.0. The van der Waals surface area contributed by atoms with Crippen LogP contribution >= 0.6 is 15.9 Å². The number of pyridine rings is 1. The van der Waals surface area contributed by atoms with Gasteiger partial charge in [0.2, 0.25) is 5.91 Å².